The van der Waals surface area contributed by atoms with E-state index in [4.69, 9.17) is 0 Å². The molecule has 0 aliphatic heterocycles. The van der Waals surface area contributed by atoms with Crippen molar-refractivity contribution in [3.63, 3.8) is 0 Å². The smallest absolute Gasteiger partial charge is 0.265 e. The summed E-state index contributed by atoms with van der Waals surface area (Å²) in [6, 6.07) is 8.72. The summed E-state index contributed by atoms with van der Waals surface area (Å²) in [5, 5.41) is 3.74. The van der Waals surface area contributed by atoms with Crippen molar-refractivity contribution in [3.05, 3.63) is 40.9 Å². The molecule has 18 heavy (non-hydrogen) atoms. The molecule has 0 aliphatic rings. The van der Waals surface area contributed by atoms with Crippen LogP contribution in [-0.2, 0) is 9.73 Å². The molecule has 2 aromatic rings. The predicted octanol–water partition coefficient (Wildman–Crippen LogP) is 2.14. The van der Waals surface area contributed by atoms with E-state index in [1.54, 1.807) is 31.2 Å². The first-order chi connectivity index (χ1) is 8.50. The molecule has 0 saturated carbocycles. The summed E-state index contributed by atoms with van der Waals surface area (Å²) in [5.74, 6) is -0.529. The maximum absolute atomic E-state index is 12.4. The molecule has 0 unspecified atom stereocenters. The fourth-order valence-corrected chi connectivity index (χ4v) is 3.13. The Balaban J connectivity index is 2.43. The monoisotopic (exact) mass is 281 g/mol. The van der Waals surface area contributed by atoms with E-state index in [2.05, 4.69) is 13.9 Å². The van der Waals surface area contributed by atoms with Gasteiger partial charge in [0.2, 0.25) is 0 Å². The van der Waals surface area contributed by atoms with E-state index in [1.807, 2.05) is 6.07 Å². The van der Waals surface area contributed by atoms with Gasteiger partial charge in [-0.1, -0.05) is 22.7 Å². The summed E-state index contributed by atoms with van der Waals surface area (Å²) in [6.07, 6.45) is 1.45. The van der Waals surface area contributed by atoms with Crippen LogP contribution in [0.4, 0.5) is 0 Å². The highest BCUT2D eigenvalue weighted by Gasteiger charge is 2.15. The number of hydrogen-bond acceptors (Lipinski definition) is 5. The number of benzene rings is 1. The highest BCUT2D eigenvalue weighted by atomic mass is 32.2. The van der Waals surface area contributed by atoms with Crippen molar-refractivity contribution in [1.29, 1.82) is 0 Å². The van der Waals surface area contributed by atoms with Gasteiger partial charge >= 0.3 is 0 Å². The van der Waals surface area contributed by atoms with Gasteiger partial charge in [0.05, 0.1) is 15.4 Å². The van der Waals surface area contributed by atoms with Crippen LogP contribution in [0.3, 0.4) is 0 Å². The van der Waals surface area contributed by atoms with E-state index >= 15 is 0 Å². The van der Waals surface area contributed by atoms with Gasteiger partial charge in [-0.3, -0.25) is 4.79 Å². The molecule has 1 aromatic heterocycles. The van der Waals surface area contributed by atoms with Gasteiger partial charge in [0.15, 0.2) is 0 Å². The molecule has 1 atom stereocenters. The zero-order valence-corrected chi connectivity index (χ0v) is 11.5. The van der Waals surface area contributed by atoms with Crippen molar-refractivity contribution in [3.8, 4) is 0 Å². The summed E-state index contributed by atoms with van der Waals surface area (Å²) in [6.45, 7) is 1.67. The van der Waals surface area contributed by atoms with Gasteiger partial charge in [-0.25, -0.2) is 4.21 Å². The second-order valence-corrected chi connectivity index (χ2v) is 6.71. The predicted molar refractivity (Wildman–Crippen MR) is 70.2 cm³/mol. The SMILES string of the molecule is Cc1nnsc1C(=O)N=[S@](C)(=O)c1ccccc1. The standard InChI is InChI=1S/C11H11N3O2S2/c1-8-10(17-14-12-8)11(15)13-18(2,16)9-6-4-3-5-7-9/h3-7H,1-2H3/t18-/m1/s1. The lowest BCUT2D eigenvalue weighted by Gasteiger charge is -2.02. The highest BCUT2D eigenvalue weighted by molar-refractivity contribution is 7.93. The quantitative estimate of drug-likeness (QED) is 0.845. The minimum Gasteiger partial charge on any atom is -0.265 e. The topological polar surface area (TPSA) is 72.3 Å². The van der Waals surface area contributed by atoms with Gasteiger partial charge in [-0.2, -0.15) is 4.36 Å². The number of aromatic nitrogens is 2. The Morgan fingerprint density at radius 2 is 2.00 bits per heavy atom. The zero-order valence-electron chi connectivity index (χ0n) is 9.86. The molecule has 0 fully saturated rings. The number of nitrogens with zero attached hydrogens (tertiary/aromatic N) is 3. The Bertz CT molecular complexity index is 685. The first kappa shape index (κ1) is 12.8. The third kappa shape index (κ3) is 2.62. The first-order valence-electron chi connectivity index (χ1n) is 5.11. The molecule has 1 aromatic carbocycles. The molecular weight excluding hydrogens is 270 g/mol. The third-order valence-corrected chi connectivity index (χ3v) is 4.76. The molecule has 0 saturated heterocycles. The van der Waals surface area contributed by atoms with Crippen molar-refractivity contribution in [2.24, 2.45) is 4.36 Å². The molecule has 0 aliphatic carbocycles. The molecular formula is C11H11N3O2S2. The van der Waals surface area contributed by atoms with Crippen LogP contribution in [0.5, 0.6) is 0 Å². The lowest BCUT2D eigenvalue weighted by molar-refractivity contribution is 0.101. The molecule has 1 amide bonds. The second-order valence-electron chi connectivity index (χ2n) is 3.70. The molecule has 0 bridgehead atoms. The second kappa shape index (κ2) is 4.95. The average Bonchev–Trinajstić information content (AvgIpc) is 2.76. The summed E-state index contributed by atoms with van der Waals surface area (Å²) >= 11 is 0.964. The van der Waals surface area contributed by atoms with E-state index in [0.717, 1.165) is 11.5 Å². The lowest BCUT2D eigenvalue weighted by Crippen LogP contribution is -2.03. The Labute approximate surface area is 109 Å². The maximum atomic E-state index is 12.4. The Morgan fingerprint density at radius 3 is 2.56 bits per heavy atom. The van der Waals surface area contributed by atoms with Crippen LogP contribution in [-0.4, -0.2) is 26.0 Å². The van der Waals surface area contributed by atoms with Crippen LogP contribution in [0.2, 0.25) is 0 Å². The average molecular weight is 281 g/mol. The van der Waals surface area contributed by atoms with Gasteiger partial charge < -0.3 is 0 Å². The molecule has 0 radical (unpaired) electrons. The summed E-state index contributed by atoms with van der Waals surface area (Å²) in [4.78, 5) is 12.8. The molecule has 0 spiro atoms. The Kier molecular flexibility index (Phi) is 3.53. The normalized spacial score (nSPS) is 13.9. The fourth-order valence-electron chi connectivity index (χ4n) is 1.35. The van der Waals surface area contributed by atoms with Gasteiger partial charge in [0.25, 0.3) is 5.91 Å². The summed E-state index contributed by atoms with van der Waals surface area (Å²) in [7, 11) is -2.73. The van der Waals surface area contributed by atoms with E-state index in [1.165, 1.54) is 6.26 Å². The van der Waals surface area contributed by atoms with Gasteiger partial charge in [0, 0.05) is 11.2 Å². The molecule has 0 N–H and O–H groups in total. The van der Waals surface area contributed by atoms with Crippen molar-refractivity contribution in [1.82, 2.24) is 9.59 Å². The first-order valence-corrected chi connectivity index (χ1v) is 7.81. The minimum absolute atomic E-state index is 0.334. The van der Waals surface area contributed by atoms with Gasteiger partial charge in [-0.05, 0) is 30.6 Å². The van der Waals surface area contributed by atoms with Crippen molar-refractivity contribution >= 4 is 27.2 Å². The fraction of sp³-hybridized carbons (Fsp3) is 0.182. The van der Waals surface area contributed by atoms with Crippen LogP contribution in [0.1, 0.15) is 15.4 Å². The van der Waals surface area contributed by atoms with E-state index < -0.39 is 15.6 Å². The van der Waals surface area contributed by atoms with Crippen LogP contribution in [0.25, 0.3) is 0 Å². The van der Waals surface area contributed by atoms with E-state index in [0.29, 0.717) is 15.5 Å². The number of carbonyl (C=O) groups excluding carboxylic acids is 1. The van der Waals surface area contributed by atoms with Crippen molar-refractivity contribution in [2.45, 2.75) is 11.8 Å². The number of rotatable bonds is 2. The number of amides is 1. The molecule has 94 valence electrons. The van der Waals surface area contributed by atoms with E-state index in [-0.39, 0.29) is 0 Å². The molecule has 7 heteroatoms. The number of aryl methyl sites for hydroxylation is 1. The molecule has 2 rings (SSSR count). The number of hydrogen-bond donors (Lipinski definition) is 0. The van der Waals surface area contributed by atoms with Crippen LogP contribution in [0, 0.1) is 6.92 Å². The van der Waals surface area contributed by atoms with Gasteiger partial charge in [-0.15, -0.1) is 5.10 Å². The molecule has 1 heterocycles. The van der Waals surface area contributed by atoms with Crippen molar-refractivity contribution < 1.29 is 9.00 Å². The minimum atomic E-state index is -2.73. The highest BCUT2D eigenvalue weighted by Crippen LogP contribution is 2.15. The van der Waals surface area contributed by atoms with Crippen LogP contribution >= 0.6 is 11.5 Å². The zero-order chi connectivity index (χ0) is 13.2. The largest absolute Gasteiger partial charge is 0.299 e. The van der Waals surface area contributed by atoms with Crippen molar-refractivity contribution in [2.75, 3.05) is 6.26 Å². The van der Waals surface area contributed by atoms with Crippen LogP contribution < -0.4 is 0 Å². The number of carbonyl (C=O) groups is 1. The Morgan fingerprint density at radius 1 is 1.33 bits per heavy atom. The summed E-state index contributed by atoms with van der Waals surface area (Å²) in [5.41, 5.74) is 0.511. The maximum Gasteiger partial charge on any atom is 0.299 e. The third-order valence-electron chi connectivity index (χ3n) is 2.28. The summed E-state index contributed by atoms with van der Waals surface area (Å²) < 4.78 is 19.8. The van der Waals surface area contributed by atoms with Crippen LogP contribution in [0.15, 0.2) is 39.6 Å². The van der Waals surface area contributed by atoms with E-state index in [9.17, 15) is 9.00 Å². The lowest BCUT2D eigenvalue weighted by atomic mass is 10.4. The Hall–Kier alpha value is -1.60. The molecule has 5 nitrogen and oxygen atoms in total. The van der Waals surface area contributed by atoms with Gasteiger partial charge in [0.1, 0.15) is 4.88 Å².